The van der Waals surface area contributed by atoms with Gasteiger partial charge in [-0.1, -0.05) is 53.2 Å². The summed E-state index contributed by atoms with van der Waals surface area (Å²) in [5.41, 5.74) is -0.735. The van der Waals surface area contributed by atoms with Gasteiger partial charge >= 0.3 is 5.97 Å². The molecule has 65 heavy (non-hydrogen) atoms. The van der Waals surface area contributed by atoms with Gasteiger partial charge in [-0.25, -0.2) is 0 Å². The molecule has 23 atom stereocenters. The third kappa shape index (κ3) is 7.71. The van der Waals surface area contributed by atoms with Crippen molar-refractivity contribution in [1.82, 2.24) is 0 Å². The molecule has 0 aromatic heterocycles. The highest BCUT2D eigenvalue weighted by Gasteiger charge is 2.70. The van der Waals surface area contributed by atoms with E-state index >= 15 is 0 Å². The number of carboxylic acid groups (broad SMARTS) is 1. The average Bonchev–Trinajstić information content (AvgIpc) is 3.56. The van der Waals surface area contributed by atoms with E-state index in [1.165, 1.54) is 5.57 Å². The first-order valence-corrected chi connectivity index (χ1v) is 23.9. The molecule has 0 aromatic rings. The van der Waals surface area contributed by atoms with E-state index in [1.807, 2.05) is 6.92 Å². The number of hydrogen-bond acceptors (Lipinski definition) is 17. The summed E-state index contributed by atoms with van der Waals surface area (Å²) in [6, 6.07) is 0. The molecule has 3 aliphatic heterocycles. The van der Waals surface area contributed by atoms with Crippen LogP contribution >= 0.6 is 0 Å². The van der Waals surface area contributed by atoms with Gasteiger partial charge in [0, 0.05) is 5.41 Å². The normalized spacial score (nSPS) is 54.1. The summed E-state index contributed by atoms with van der Waals surface area (Å²) in [5, 5.41) is 118. The van der Waals surface area contributed by atoms with Crippen molar-refractivity contribution < 1.29 is 89.4 Å². The molecule has 0 spiro atoms. The van der Waals surface area contributed by atoms with Gasteiger partial charge in [-0.05, 0) is 104 Å². The van der Waals surface area contributed by atoms with Gasteiger partial charge in [-0.3, -0.25) is 4.79 Å². The van der Waals surface area contributed by atoms with E-state index in [9.17, 15) is 61.0 Å². The van der Waals surface area contributed by atoms with Crippen molar-refractivity contribution in [1.29, 1.82) is 0 Å². The summed E-state index contributed by atoms with van der Waals surface area (Å²) in [7, 11) is 0. The van der Waals surface area contributed by atoms with Crippen molar-refractivity contribution in [3.05, 3.63) is 11.6 Å². The first-order chi connectivity index (χ1) is 30.5. The zero-order valence-electron chi connectivity index (χ0n) is 38.6. The summed E-state index contributed by atoms with van der Waals surface area (Å²) in [6.45, 7) is 11.3. The Hall–Kier alpha value is -1.43. The third-order valence-electron chi connectivity index (χ3n) is 19.2. The van der Waals surface area contributed by atoms with E-state index in [2.05, 4.69) is 40.7 Å². The van der Waals surface area contributed by atoms with Crippen LogP contribution in [-0.2, 0) is 33.2 Å². The second-order valence-electron chi connectivity index (χ2n) is 22.8. The highest BCUT2D eigenvalue weighted by molar-refractivity contribution is 5.76. The second-order valence-corrected chi connectivity index (χ2v) is 22.8. The van der Waals surface area contributed by atoms with Crippen LogP contribution in [0.3, 0.4) is 0 Å². The molecule has 0 radical (unpaired) electrons. The molecule has 18 heteroatoms. The third-order valence-corrected chi connectivity index (χ3v) is 19.2. The Bertz CT molecular complexity index is 1760. The summed E-state index contributed by atoms with van der Waals surface area (Å²) in [5.74, 6) is -0.461. The van der Waals surface area contributed by atoms with Crippen molar-refractivity contribution in [2.24, 2.45) is 50.2 Å². The average molecular weight is 929 g/mol. The van der Waals surface area contributed by atoms with Crippen LogP contribution in [0, 0.1) is 50.2 Å². The molecule has 23 unspecified atom stereocenters. The van der Waals surface area contributed by atoms with Crippen LogP contribution in [0.15, 0.2) is 11.6 Å². The minimum Gasteiger partial charge on any atom is -0.481 e. The largest absolute Gasteiger partial charge is 0.481 e. The van der Waals surface area contributed by atoms with Crippen molar-refractivity contribution in [2.75, 3.05) is 26.4 Å². The Balaban J connectivity index is 1.02. The van der Waals surface area contributed by atoms with Crippen molar-refractivity contribution >= 4 is 5.97 Å². The molecule has 3 heterocycles. The number of carbonyl (C=O) groups is 1. The summed E-state index contributed by atoms with van der Waals surface area (Å²) in [4.78, 5) is 13.1. The summed E-state index contributed by atoms with van der Waals surface area (Å²) < 4.78 is 36.0. The van der Waals surface area contributed by atoms with Gasteiger partial charge in [0.1, 0.15) is 67.1 Å². The van der Waals surface area contributed by atoms with E-state index in [0.29, 0.717) is 19.3 Å². The van der Waals surface area contributed by atoms with Gasteiger partial charge in [0.05, 0.1) is 37.9 Å². The summed E-state index contributed by atoms with van der Waals surface area (Å²) >= 11 is 0. The van der Waals surface area contributed by atoms with Crippen LogP contribution in [0.5, 0.6) is 0 Å². The molecule has 0 aromatic carbocycles. The van der Waals surface area contributed by atoms with Gasteiger partial charge in [-0.2, -0.15) is 0 Å². The van der Waals surface area contributed by atoms with Crippen LogP contribution < -0.4 is 0 Å². The zero-order valence-corrected chi connectivity index (χ0v) is 38.6. The Morgan fingerprint density at radius 2 is 1.20 bits per heavy atom. The van der Waals surface area contributed by atoms with Crippen LogP contribution in [0.1, 0.15) is 106 Å². The van der Waals surface area contributed by atoms with E-state index in [-0.39, 0.29) is 46.0 Å². The fourth-order valence-electron chi connectivity index (χ4n) is 14.9. The lowest BCUT2D eigenvalue weighted by atomic mass is 9.33. The Kier molecular flexibility index (Phi) is 13.7. The van der Waals surface area contributed by atoms with Crippen LogP contribution in [0.4, 0.5) is 0 Å². The summed E-state index contributed by atoms with van der Waals surface area (Å²) in [6.07, 6.45) is -13.1. The van der Waals surface area contributed by atoms with Crippen LogP contribution in [0.25, 0.3) is 0 Å². The van der Waals surface area contributed by atoms with Crippen molar-refractivity contribution in [3.63, 3.8) is 0 Å². The smallest absolute Gasteiger partial charge is 0.310 e. The molecular formula is C47H76O18. The molecule has 8 aliphatic rings. The number of aliphatic hydroxyl groups is 10. The second kappa shape index (κ2) is 17.8. The maximum Gasteiger partial charge on any atom is 0.310 e. The zero-order chi connectivity index (χ0) is 47.4. The van der Waals surface area contributed by atoms with Crippen LogP contribution in [-0.4, -0.2) is 181 Å². The van der Waals surface area contributed by atoms with Gasteiger partial charge in [-0.15, -0.1) is 0 Å². The molecule has 7 fully saturated rings. The molecule has 0 bridgehead atoms. The number of fused-ring (bicyclic) bond motifs is 7. The van der Waals surface area contributed by atoms with Crippen molar-refractivity contribution in [2.45, 2.75) is 198 Å². The van der Waals surface area contributed by atoms with Crippen LogP contribution in [0.2, 0.25) is 0 Å². The van der Waals surface area contributed by atoms with E-state index in [0.717, 1.165) is 44.9 Å². The monoisotopic (exact) mass is 929 g/mol. The lowest BCUT2D eigenvalue weighted by Gasteiger charge is -2.71. The molecule has 3 saturated heterocycles. The first kappa shape index (κ1) is 50.0. The van der Waals surface area contributed by atoms with E-state index in [1.54, 1.807) is 0 Å². The number of rotatable bonds is 11. The van der Waals surface area contributed by atoms with Gasteiger partial charge in [0.15, 0.2) is 18.9 Å². The van der Waals surface area contributed by atoms with Crippen molar-refractivity contribution in [3.8, 4) is 0 Å². The fraction of sp³-hybridized carbons (Fsp3) is 0.936. The molecule has 0 amide bonds. The predicted molar refractivity (Wildman–Crippen MR) is 226 cm³/mol. The SMILES string of the molecule is CC1(C)CCC2(C(=O)O)CCC3(C)C(=CCC4C5(C)CCC(OC6OC(CO)C(O)C6OC6OC(CO)C(O)C(OC7OC(CO)C(O)C(O)C7O)C6O)C(C)(CO)C5CCC43C)C2C1. The highest BCUT2D eigenvalue weighted by atomic mass is 16.8. The number of hydrogen-bond donors (Lipinski definition) is 11. The van der Waals surface area contributed by atoms with E-state index < -0.39 is 129 Å². The Labute approximate surface area is 380 Å². The molecule has 8 rings (SSSR count). The molecule has 11 N–H and O–H groups in total. The first-order valence-electron chi connectivity index (χ1n) is 23.9. The van der Waals surface area contributed by atoms with Gasteiger partial charge < -0.3 is 84.6 Å². The Morgan fingerprint density at radius 3 is 1.82 bits per heavy atom. The Morgan fingerprint density at radius 1 is 0.631 bits per heavy atom. The molecule has 372 valence electrons. The number of allylic oxidation sites excluding steroid dienone is 2. The molecule has 4 saturated carbocycles. The molecule has 5 aliphatic carbocycles. The minimum absolute atomic E-state index is 0.0133. The number of ether oxygens (including phenoxy) is 6. The maximum absolute atomic E-state index is 13.1. The topological polar surface area (TPSA) is 295 Å². The maximum atomic E-state index is 13.1. The minimum atomic E-state index is -1.89. The van der Waals surface area contributed by atoms with Gasteiger partial charge in [0.2, 0.25) is 0 Å². The number of aliphatic carboxylic acids is 1. The molecular weight excluding hydrogens is 852 g/mol. The van der Waals surface area contributed by atoms with Gasteiger partial charge in [0.25, 0.3) is 0 Å². The standard InChI is InChI=1S/C47H76O18/c1-42(2)13-15-47(41(58)59)16-14-45(5)22(23(47)17-42)7-8-28-43(3)11-10-29(44(4,21-51)27(43)9-12-46(28,45)6)63-40-37(32(54)26(20-50)62-40)65-39-35(57)36(31(53)25(19-49)61-39)64-38-34(56)33(55)30(52)24(18-48)60-38/h7,23-40,48-57H,8-21H2,1-6H3,(H,58,59). The quantitative estimate of drug-likeness (QED) is 0.124. The lowest BCUT2D eigenvalue weighted by molar-refractivity contribution is -0.370. The number of aliphatic hydroxyl groups excluding tert-OH is 10. The number of carboxylic acids is 1. The highest BCUT2D eigenvalue weighted by Crippen LogP contribution is 2.76. The predicted octanol–water partition coefficient (Wildman–Crippen LogP) is 0.318. The fourth-order valence-corrected chi connectivity index (χ4v) is 14.9. The lowest BCUT2D eigenvalue weighted by Crippen LogP contribution is -2.66. The van der Waals surface area contributed by atoms with E-state index in [4.69, 9.17) is 28.4 Å². The molecule has 18 nitrogen and oxygen atoms in total.